The van der Waals surface area contributed by atoms with Crippen LogP contribution in [0.25, 0.3) is 0 Å². The summed E-state index contributed by atoms with van der Waals surface area (Å²) in [4.78, 5) is 2.60. The van der Waals surface area contributed by atoms with Crippen molar-refractivity contribution in [3.63, 3.8) is 0 Å². The van der Waals surface area contributed by atoms with Crippen LogP contribution in [0.4, 0.5) is 0 Å². The smallest absolute Gasteiger partial charge is 0.0830 e. The SMILES string of the molecule is CC1CC(C)CN(CC2CCC(c3ccc(Cl)cc3)O2)C1. The van der Waals surface area contributed by atoms with Gasteiger partial charge in [-0.15, -0.1) is 0 Å². The number of ether oxygens (including phenoxy) is 1. The average Bonchev–Trinajstić information content (AvgIpc) is 2.87. The van der Waals surface area contributed by atoms with Crippen LogP contribution in [-0.4, -0.2) is 30.6 Å². The van der Waals surface area contributed by atoms with E-state index in [0.29, 0.717) is 6.10 Å². The van der Waals surface area contributed by atoms with E-state index >= 15 is 0 Å². The summed E-state index contributed by atoms with van der Waals surface area (Å²) in [5.41, 5.74) is 1.27. The van der Waals surface area contributed by atoms with Gasteiger partial charge in [0.2, 0.25) is 0 Å². The van der Waals surface area contributed by atoms with E-state index in [1.54, 1.807) is 0 Å². The maximum absolute atomic E-state index is 6.28. The fourth-order valence-corrected chi connectivity index (χ4v) is 4.12. The van der Waals surface area contributed by atoms with E-state index in [4.69, 9.17) is 16.3 Å². The molecule has 3 heteroatoms. The molecule has 21 heavy (non-hydrogen) atoms. The number of piperidine rings is 1. The summed E-state index contributed by atoms with van der Waals surface area (Å²) >= 11 is 5.96. The van der Waals surface area contributed by atoms with E-state index in [9.17, 15) is 0 Å². The molecule has 0 aromatic heterocycles. The first-order valence-corrected chi connectivity index (χ1v) is 8.61. The summed E-state index contributed by atoms with van der Waals surface area (Å²) in [6.45, 7) is 8.30. The summed E-state index contributed by atoms with van der Waals surface area (Å²) in [5, 5.41) is 0.796. The van der Waals surface area contributed by atoms with Crippen molar-refractivity contribution in [1.29, 1.82) is 0 Å². The highest BCUT2D eigenvalue weighted by molar-refractivity contribution is 6.30. The summed E-state index contributed by atoms with van der Waals surface area (Å²) in [6, 6.07) is 8.12. The molecule has 2 aliphatic rings. The van der Waals surface area contributed by atoms with Crippen LogP contribution in [0.3, 0.4) is 0 Å². The molecular formula is C18H26ClNO. The van der Waals surface area contributed by atoms with Gasteiger partial charge >= 0.3 is 0 Å². The van der Waals surface area contributed by atoms with E-state index in [-0.39, 0.29) is 6.10 Å². The molecule has 2 saturated heterocycles. The Morgan fingerprint density at radius 2 is 1.76 bits per heavy atom. The molecule has 0 radical (unpaired) electrons. The highest BCUT2D eigenvalue weighted by Crippen LogP contribution is 2.34. The number of nitrogens with zero attached hydrogens (tertiary/aromatic N) is 1. The second kappa shape index (κ2) is 6.68. The lowest BCUT2D eigenvalue weighted by Crippen LogP contribution is -2.42. The Morgan fingerprint density at radius 1 is 1.10 bits per heavy atom. The molecular weight excluding hydrogens is 282 g/mol. The first-order chi connectivity index (χ1) is 10.1. The first-order valence-electron chi connectivity index (χ1n) is 8.23. The van der Waals surface area contributed by atoms with Crippen LogP contribution in [0.1, 0.15) is 44.8 Å². The molecule has 2 fully saturated rings. The predicted octanol–water partition coefficient (Wildman–Crippen LogP) is 4.54. The molecule has 2 aliphatic heterocycles. The highest BCUT2D eigenvalue weighted by Gasteiger charge is 2.30. The molecule has 2 nitrogen and oxygen atoms in total. The van der Waals surface area contributed by atoms with Gasteiger partial charge in [-0.1, -0.05) is 37.6 Å². The third kappa shape index (κ3) is 4.00. The van der Waals surface area contributed by atoms with Gasteiger partial charge in [0, 0.05) is 24.7 Å². The number of hydrogen-bond acceptors (Lipinski definition) is 2. The van der Waals surface area contributed by atoms with Crippen molar-refractivity contribution in [1.82, 2.24) is 4.90 Å². The van der Waals surface area contributed by atoms with E-state index in [1.807, 2.05) is 12.1 Å². The third-order valence-corrected chi connectivity index (χ3v) is 5.01. The molecule has 2 heterocycles. The summed E-state index contributed by atoms with van der Waals surface area (Å²) in [5.74, 6) is 1.64. The van der Waals surface area contributed by atoms with Gasteiger partial charge in [-0.3, -0.25) is 0 Å². The number of likely N-dealkylation sites (tertiary alicyclic amines) is 1. The van der Waals surface area contributed by atoms with Gasteiger partial charge < -0.3 is 9.64 Å². The second-order valence-corrected chi connectivity index (χ2v) is 7.48. The molecule has 0 aliphatic carbocycles. The fraction of sp³-hybridized carbons (Fsp3) is 0.667. The fourth-order valence-electron chi connectivity index (χ4n) is 3.99. The Hall–Kier alpha value is -0.570. The highest BCUT2D eigenvalue weighted by atomic mass is 35.5. The normalized spacial score (nSPS) is 34.2. The minimum absolute atomic E-state index is 0.256. The van der Waals surface area contributed by atoms with Crippen LogP contribution < -0.4 is 0 Å². The Kier molecular flexibility index (Phi) is 4.88. The zero-order valence-corrected chi connectivity index (χ0v) is 13.9. The molecule has 0 saturated carbocycles. The van der Waals surface area contributed by atoms with E-state index < -0.39 is 0 Å². The van der Waals surface area contributed by atoms with Crippen molar-refractivity contribution >= 4 is 11.6 Å². The largest absolute Gasteiger partial charge is 0.369 e. The van der Waals surface area contributed by atoms with Crippen LogP contribution in [0.2, 0.25) is 5.02 Å². The Balaban J connectivity index is 1.53. The lowest BCUT2D eigenvalue weighted by molar-refractivity contribution is 0.00884. The van der Waals surface area contributed by atoms with E-state index in [0.717, 1.165) is 29.8 Å². The standard InChI is InChI=1S/C18H26ClNO/c1-13-9-14(2)11-20(10-13)12-17-7-8-18(21-17)15-3-5-16(19)6-4-15/h3-6,13-14,17-18H,7-12H2,1-2H3. The van der Waals surface area contributed by atoms with Crippen LogP contribution >= 0.6 is 11.6 Å². The van der Waals surface area contributed by atoms with Crippen LogP contribution in [0, 0.1) is 11.8 Å². The van der Waals surface area contributed by atoms with Crippen molar-refractivity contribution in [2.24, 2.45) is 11.8 Å². The van der Waals surface area contributed by atoms with Gasteiger partial charge in [0.15, 0.2) is 0 Å². The Bertz CT molecular complexity index is 451. The van der Waals surface area contributed by atoms with Crippen molar-refractivity contribution in [3.05, 3.63) is 34.9 Å². The van der Waals surface area contributed by atoms with Crippen molar-refractivity contribution in [3.8, 4) is 0 Å². The van der Waals surface area contributed by atoms with Gasteiger partial charge in [-0.05, 0) is 48.8 Å². The zero-order chi connectivity index (χ0) is 14.8. The zero-order valence-electron chi connectivity index (χ0n) is 13.1. The quantitative estimate of drug-likeness (QED) is 0.813. The number of halogens is 1. The average molecular weight is 308 g/mol. The molecule has 0 N–H and O–H groups in total. The molecule has 1 aromatic carbocycles. The third-order valence-electron chi connectivity index (χ3n) is 4.76. The van der Waals surface area contributed by atoms with Gasteiger partial charge in [0.1, 0.15) is 0 Å². The topological polar surface area (TPSA) is 12.5 Å². The molecule has 0 bridgehead atoms. The van der Waals surface area contributed by atoms with Crippen LogP contribution in [-0.2, 0) is 4.74 Å². The minimum atomic E-state index is 0.256. The van der Waals surface area contributed by atoms with E-state index in [1.165, 1.54) is 31.5 Å². The Morgan fingerprint density at radius 3 is 2.43 bits per heavy atom. The van der Waals surface area contributed by atoms with Crippen molar-refractivity contribution in [2.45, 2.75) is 45.3 Å². The number of benzene rings is 1. The molecule has 3 rings (SSSR count). The lowest BCUT2D eigenvalue weighted by atomic mass is 9.91. The van der Waals surface area contributed by atoms with Crippen molar-refractivity contribution < 1.29 is 4.74 Å². The number of hydrogen-bond donors (Lipinski definition) is 0. The lowest BCUT2D eigenvalue weighted by Gasteiger charge is -2.36. The molecule has 0 spiro atoms. The maximum atomic E-state index is 6.28. The molecule has 0 amide bonds. The number of rotatable bonds is 3. The molecule has 4 atom stereocenters. The van der Waals surface area contributed by atoms with Gasteiger partial charge in [0.05, 0.1) is 12.2 Å². The van der Waals surface area contributed by atoms with Crippen LogP contribution in [0.15, 0.2) is 24.3 Å². The van der Waals surface area contributed by atoms with Gasteiger partial charge in [-0.2, -0.15) is 0 Å². The minimum Gasteiger partial charge on any atom is -0.369 e. The molecule has 4 unspecified atom stereocenters. The summed E-state index contributed by atoms with van der Waals surface area (Å²) in [7, 11) is 0. The molecule has 1 aromatic rings. The van der Waals surface area contributed by atoms with Gasteiger partial charge in [0.25, 0.3) is 0 Å². The maximum Gasteiger partial charge on any atom is 0.0830 e. The molecule has 116 valence electrons. The monoisotopic (exact) mass is 307 g/mol. The van der Waals surface area contributed by atoms with Crippen molar-refractivity contribution in [2.75, 3.05) is 19.6 Å². The van der Waals surface area contributed by atoms with E-state index in [2.05, 4.69) is 30.9 Å². The Labute approximate surface area is 133 Å². The van der Waals surface area contributed by atoms with Gasteiger partial charge in [-0.25, -0.2) is 0 Å². The predicted molar refractivity (Wildman–Crippen MR) is 87.7 cm³/mol. The summed E-state index contributed by atoms with van der Waals surface area (Å²) < 4.78 is 6.28. The van der Waals surface area contributed by atoms with Crippen LogP contribution in [0.5, 0.6) is 0 Å². The summed E-state index contributed by atoms with van der Waals surface area (Å²) in [6.07, 6.45) is 4.32. The first kappa shape index (κ1) is 15.3. The second-order valence-electron chi connectivity index (χ2n) is 7.04.